The highest BCUT2D eigenvalue weighted by molar-refractivity contribution is 5.91. The van der Waals surface area contributed by atoms with E-state index in [9.17, 15) is 9.90 Å². The van der Waals surface area contributed by atoms with Crippen LogP contribution in [0, 0.1) is 5.41 Å². The number of aliphatic hydroxyl groups excluding tert-OH is 1. The van der Waals surface area contributed by atoms with Crippen LogP contribution in [0.1, 0.15) is 23.3 Å². The number of nitrogens with zero attached hydrogens (tertiary/aromatic N) is 3. The molecule has 2 N–H and O–H groups in total. The Morgan fingerprint density at radius 3 is 2.61 bits per heavy atom. The molecule has 1 aromatic rings. The van der Waals surface area contributed by atoms with E-state index in [2.05, 4.69) is 15.5 Å². The number of hydrogen-bond acceptors (Lipinski definition) is 5. The van der Waals surface area contributed by atoms with Crippen molar-refractivity contribution in [2.75, 3.05) is 32.6 Å². The van der Waals surface area contributed by atoms with E-state index in [0.29, 0.717) is 18.1 Å². The quantitative estimate of drug-likeness (QED) is 0.789. The van der Waals surface area contributed by atoms with Crippen LogP contribution in [0.4, 0.5) is 5.82 Å². The fourth-order valence-electron chi connectivity index (χ4n) is 1.62. The molecule has 98 valence electrons. The molecule has 2 rings (SSSR count). The number of carbonyl (C=O) groups is 1. The Kier molecular flexibility index (Phi) is 3.47. The summed E-state index contributed by atoms with van der Waals surface area (Å²) in [6, 6.07) is 3.38. The molecule has 0 saturated heterocycles. The molecule has 1 fully saturated rings. The molecule has 1 heterocycles. The van der Waals surface area contributed by atoms with Crippen molar-refractivity contribution in [2.24, 2.45) is 5.41 Å². The van der Waals surface area contributed by atoms with Crippen LogP contribution in [0.2, 0.25) is 0 Å². The second-order valence-corrected chi connectivity index (χ2v) is 5.02. The molecule has 1 aliphatic rings. The lowest BCUT2D eigenvalue weighted by atomic mass is 10.1. The summed E-state index contributed by atoms with van der Waals surface area (Å²) in [5, 5.41) is 20.2. The van der Waals surface area contributed by atoms with E-state index >= 15 is 0 Å². The molecule has 0 unspecified atom stereocenters. The molecule has 0 radical (unpaired) electrons. The summed E-state index contributed by atoms with van der Waals surface area (Å²) in [4.78, 5) is 13.1. The topological polar surface area (TPSA) is 78.4 Å². The van der Waals surface area contributed by atoms with Gasteiger partial charge in [-0.25, -0.2) is 0 Å². The standard InChI is InChI=1S/C12H18N4O2/c1-16(2)11(18)9-3-4-10(15-14-9)13-7-12(8-17)5-6-12/h3-4,17H,5-8H2,1-2H3,(H,13,15). The Labute approximate surface area is 106 Å². The molecule has 6 heteroatoms. The lowest BCUT2D eigenvalue weighted by molar-refractivity contribution is 0.0821. The molecular formula is C12H18N4O2. The van der Waals surface area contributed by atoms with Crippen molar-refractivity contribution < 1.29 is 9.90 Å². The molecular weight excluding hydrogens is 232 g/mol. The van der Waals surface area contributed by atoms with Gasteiger partial charge in [0.15, 0.2) is 5.69 Å². The number of nitrogens with one attached hydrogen (secondary N) is 1. The zero-order chi connectivity index (χ0) is 13.2. The van der Waals surface area contributed by atoms with E-state index in [4.69, 9.17) is 0 Å². The van der Waals surface area contributed by atoms with Gasteiger partial charge in [-0.3, -0.25) is 4.79 Å². The van der Waals surface area contributed by atoms with E-state index in [1.165, 1.54) is 4.90 Å². The Morgan fingerprint density at radius 1 is 1.44 bits per heavy atom. The monoisotopic (exact) mass is 250 g/mol. The third-order valence-corrected chi connectivity index (χ3v) is 3.23. The molecule has 1 aromatic heterocycles. The van der Waals surface area contributed by atoms with Crippen molar-refractivity contribution in [1.82, 2.24) is 15.1 Å². The third-order valence-electron chi connectivity index (χ3n) is 3.23. The molecule has 0 aromatic carbocycles. The van der Waals surface area contributed by atoms with Gasteiger partial charge in [-0.15, -0.1) is 10.2 Å². The normalized spacial score (nSPS) is 16.2. The Morgan fingerprint density at radius 2 is 2.17 bits per heavy atom. The van der Waals surface area contributed by atoms with Gasteiger partial charge in [0.05, 0.1) is 6.61 Å². The summed E-state index contributed by atoms with van der Waals surface area (Å²) in [5.74, 6) is 0.466. The van der Waals surface area contributed by atoms with Crippen LogP contribution in [0.5, 0.6) is 0 Å². The Balaban J connectivity index is 1.93. The first-order chi connectivity index (χ1) is 8.56. The van der Waals surface area contributed by atoms with Crippen molar-refractivity contribution in [3.63, 3.8) is 0 Å². The molecule has 0 aliphatic heterocycles. The maximum absolute atomic E-state index is 11.6. The first-order valence-electron chi connectivity index (χ1n) is 5.96. The van der Waals surface area contributed by atoms with Gasteiger partial charge < -0.3 is 15.3 Å². The molecule has 18 heavy (non-hydrogen) atoms. The number of carbonyl (C=O) groups excluding carboxylic acids is 1. The smallest absolute Gasteiger partial charge is 0.273 e. The molecule has 1 amide bonds. The van der Waals surface area contributed by atoms with E-state index in [1.54, 1.807) is 26.2 Å². The lowest BCUT2D eigenvalue weighted by Gasteiger charge is -2.13. The van der Waals surface area contributed by atoms with E-state index in [1.807, 2.05) is 0 Å². The Bertz CT molecular complexity index is 426. The van der Waals surface area contributed by atoms with Crippen LogP contribution >= 0.6 is 0 Å². The summed E-state index contributed by atoms with van der Waals surface area (Å²) < 4.78 is 0. The fraction of sp³-hybridized carbons (Fsp3) is 0.583. The highest BCUT2D eigenvalue weighted by atomic mass is 16.3. The molecule has 1 saturated carbocycles. The number of amides is 1. The summed E-state index contributed by atoms with van der Waals surface area (Å²) in [6.07, 6.45) is 2.09. The predicted octanol–water partition coefficient (Wildman–Crippen LogP) is 0.363. The number of aromatic nitrogens is 2. The summed E-state index contributed by atoms with van der Waals surface area (Å²) in [7, 11) is 3.35. The van der Waals surface area contributed by atoms with Gasteiger partial charge in [-0.1, -0.05) is 0 Å². The largest absolute Gasteiger partial charge is 0.396 e. The van der Waals surface area contributed by atoms with Gasteiger partial charge in [0.25, 0.3) is 5.91 Å². The summed E-state index contributed by atoms with van der Waals surface area (Å²) >= 11 is 0. The van der Waals surface area contributed by atoms with Crippen molar-refractivity contribution in [3.05, 3.63) is 17.8 Å². The number of rotatable bonds is 5. The van der Waals surface area contributed by atoms with Crippen molar-refractivity contribution in [3.8, 4) is 0 Å². The predicted molar refractivity (Wildman–Crippen MR) is 67.3 cm³/mol. The number of anilines is 1. The zero-order valence-corrected chi connectivity index (χ0v) is 10.7. The molecule has 6 nitrogen and oxygen atoms in total. The second-order valence-electron chi connectivity index (χ2n) is 5.02. The van der Waals surface area contributed by atoms with Crippen molar-refractivity contribution >= 4 is 11.7 Å². The SMILES string of the molecule is CN(C)C(=O)c1ccc(NCC2(CO)CC2)nn1. The van der Waals surface area contributed by atoms with E-state index in [-0.39, 0.29) is 17.9 Å². The number of aliphatic hydroxyl groups is 1. The van der Waals surface area contributed by atoms with Gasteiger partial charge in [-0.05, 0) is 25.0 Å². The van der Waals surface area contributed by atoms with Crippen molar-refractivity contribution in [1.29, 1.82) is 0 Å². The maximum Gasteiger partial charge on any atom is 0.273 e. The van der Waals surface area contributed by atoms with Gasteiger partial charge in [0.2, 0.25) is 0 Å². The van der Waals surface area contributed by atoms with Crippen LogP contribution in [-0.4, -0.2) is 53.4 Å². The highest BCUT2D eigenvalue weighted by Gasteiger charge is 2.41. The minimum atomic E-state index is -0.164. The van der Waals surface area contributed by atoms with Crippen LogP contribution in [-0.2, 0) is 0 Å². The van der Waals surface area contributed by atoms with Crippen LogP contribution < -0.4 is 5.32 Å². The Hall–Kier alpha value is -1.69. The van der Waals surface area contributed by atoms with Crippen LogP contribution in [0.3, 0.4) is 0 Å². The van der Waals surface area contributed by atoms with Gasteiger partial charge in [0.1, 0.15) is 5.82 Å². The van der Waals surface area contributed by atoms with Crippen LogP contribution in [0.15, 0.2) is 12.1 Å². The van der Waals surface area contributed by atoms with Gasteiger partial charge in [0, 0.05) is 26.1 Å². The van der Waals surface area contributed by atoms with E-state index < -0.39 is 0 Å². The maximum atomic E-state index is 11.6. The average Bonchev–Trinajstić information content (AvgIpc) is 3.17. The minimum absolute atomic E-state index is 0.0276. The molecule has 0 spiro atoms. The van der Waals surface area contributed by atoms with Crippen LogP contribution in [0.25, 0.3) is 0 Å². The average molecular weight is 250 g/mol. The lowest BCUT2D eigenvalue weighted by Crippen LogP contribution is -2.23. The second kappa shape index (κ2) is 4.89. The van der Waals surface area contributed by atoms with Crippen molar-refractivity contribution in [2.45, 2.75) is 12.8 Å². The fourth-order valence-corrected chi connectivity index (χ4v) is 1.62. The molecule has 0 bridgehead atoms. The third kappa shape index (κ3) is 2.76. The van der Waals surface area contributed by atoms with Gasteiger partial charge in [-0.2, -0.15) is 0 Å². The highest BCUT2D eigenvalue weighted by Crippen LogP contribution is 2.44. The molecule has 0 atom stereocenters. The number of hydrogen-bond donors (Lipinski definition) is 2. The zero-order valence-electron chi connectivity index (χ0n) is 10.7. The first kappa shape index (κ1) is 12.8. The summed E-state index contributed by atoms with van der Waals surface area (Å²) in [5.41, 5.74) is 0.355. The van der Waals surface area contributed by atoms with E-state index in [0.717, 1.165) is 12.8 Å². The minimum Gasteiger partial charge on any atom is -0.396 e. The van der Waals surface area contributed by atoms with Gasteiger partial charge >= 0.3 is 0 Å². The summed E-state index contributed by atoms with van der Waals surface area (Å²) in [6.45, 7) is 0.893. The first-order valence-corrected chi connectivity index (χ1v) is 5.96. The molecule has 1 aliphatic carbocycles.